The van der Waals surface area contributed by atoms with E-state index in [9.17, 15) is 4.79 Å². The average molecular weight is 440 g/mol. The lowest BCUT2D eigenvalue weighted by Gasteiger charge is -2.02. The van der Waals surface area contributed by atoms with Gasteiger partial charge in [-0.25, -0.2) is 4.57 Å². The van der Waals surface area contributed by atoms with Crippen molar-refractivity contribution in [3.05, 3.63) is 95.9 Å². The second-order valence-corrected chi connectivity index (χ2v) is 6.55. The Morgan fingerprint density at radius 1 is 0.926 bits per heavy atom. The van der Waals surface area contributed by atoms with Crippen LogP contribution in [0.25, 0.3) is 22.0 Å². The summed E-state index contributed by atoms with van der Waals surface area (Å²) in [6, 6.07) is 23.4. The van der Waals surface area contributed by atoms with Crippen molar-refractivity contribution in [2.24, 2.45) is 0 Å². The molecule has 0 aliphatic rings. The van der Waals surface area contributed by atoms with Crippen molar-refractivity contribution in [2.75, 3.05) is 0 Å². The second-order valence-electron chi connectivity index (χ2n) is 6.11. The van der Waals surface area contributed by atoms with E-state index >= 15 is 0 Å². The lowest BCUT2D eigenvalue weighted by molar-refractivity contribution is -0.686. The highest BCUT2D eigenvalue weighted by molar-refractivity contribution is 6.30. The molecule has 0 amide bonds. The molecule has 0 radical (unpaired) electrons. The van der Waals surface area contributed by atoms with Crippen LogP contribution in [0.4, 0.5) is 0 Å². The molecule has 3 aromatic carbocycles. The molecule has 3 nitrogen and oxygen atoms in total. The van der Waals surface area contributed by atoms with Crippen LogP contribution in [0.5, 0.6) is 0 Å². The summed E-state index contributed by atoms with van der Waals surface area (Å²) in [4.78, 5) is 16.8. The molecule has 0 saturated heterocycles. The van der Waals surface area contributed by atoms with Crippen LogP contribution in [0, 0.1) is 0 Å². The minimum atomic E-state index is 0. The van der Waals surface area contributed by atoms with Crippen LogP contribution in [0.15, 0.2) is 85.3 Å². The monoisotopic (exact) mass is 438 g/mol. The third-order valence-corrected chi connectivity index (χ3v) is 4.56. The van der Waals surface area contributed by atoms with Crippen LogP contribution < -0.4 is 21.5 Å². The summed E-state index contributed by atoms with van der Waals surface area (Å²) in [5.41, 5.74) is 2.58. The Kier molecular flexibility index (Phi) is 5.99. The molecule has 0 N–H and O–H groups in total. The van der Waals surface area contributed by atoms with Crippen LogP contribution in [0.1, 0.15) is 10.4 Å². The quantitative estimate of drug-likeness (QED) is 0.358. The number of halogens is 2. The normalized spacial score (nSPS) is 10.4. The average Bonchev–Trinajstić information content (AvgIpc) is 2.68. The zero-order chi connectivity index (χ0) is 17.9. The van der Waals surface area contributed by atoms with E-state index in [0.29, 0.717) is 10.6 Å². The predicted octanol–water partition coefficient (Wildman–Crippen LogP) is 1.73. The highest BCUT2D eigenvalue weighted by Crippen LogP contribution is 2.22. The molecule has 4 rings (SSSR count). The summed E-state index contributed by atoms with van der Waals surface area (Å²) in [7, 11) is 0. The third kappa shape index (κ3) is 4.41. The Morgan fingerprint density at radius 3 is 2.37 bits per heavy atom. The second kappa shape index (κ2) is 8.42. The van der Waals surface area contributed by atoms with E-state index in [1.807, 2.05) is 24.4 Å². The fraction of sp³-hybridized carbons (Fsp3) is 0.0455. The zero-order valence-electron chi connectivity index (χ0n) is 14.3. The Labute approximate surface area is 173 Å². The van der Waals surface area contributed by atoms with Crippen molar-refractivity contribution in [1.29, 1.82) is 0 Å². The molecule has 5 heteroatoms. The number of hydrogen-bond donors (Lipinski definition) is 0. The molecule has 1 aromatic heterocycles. The number of nitrogens with zero attached hydrogens (tertiary/aromatic N) is 2. The SMILES string of the molecule is O=C(C[n+]1ccc(-c2ccc3ccccc3c2)nc1)c1ccc(Cl)cc1.[Br-]. The number of rotatable bonds is 4. The van der Waals surface area contributed by atoms with Crippen molar-refractivity contribution in [2.45, 2.75) is 6.54 Å². The molecule has 0 aliphatic carbocycles. The molecule has 0 saturated carbocycles. The van der Waals surface area contributed by atoms with Gasteiger partial charge in [0.25, 0.3) is 6.33 Å². The Morgan fingerprint density at radius 2 is 1.67 bits per heavy atom. The molecule has 27 heavy (non-hydrogen) atoms. The van der Waals surface area contributed by atoms with Gasteiger partial charge in [-0.05, 0) is 52.2 Å². The van der Waals surface area contributed by atoms with E-state index in [0.717, 1.165) is 11.3 Å². The van der Waals surface area contributed by atoms with Gasteiger partial charge in [0, 0.05) is 22.2 Å². The number of hydrogen-bond acceptors (Lipinski definition) is 2. The van der Waals surface area contributed by atoms with Gasteiger partial charge in [-0.3, -0.25) is 4.79 Å². The first-order valence-corrected chi connectivity index (χ1v) is 8.70. The summed E-state index contributed by atoms with van der Waals surface area (Å²) >= 11 is 5.86. The molecule has 134 valence electrons. The molecule has 0 aliphatic heterocycles. The van der Waals surface area contributed by atoms with Gasteiger partial charge < -0.3 is 17.0 Å². The topological polar surface area (TPSA) is 33.8 Å². The van der Waals surface area contributed by atoms with Crippen molar-refractivity contribution in [3.8, 4) is 11.3 Å². The van der Waals surface area contributed by atoms with Crippen molar-refractivity contribution in [1.82, 2.24) is 4.98 Å². The molecular formula is C22H16BrClN2O. The predicted molar refractivity (Wildman–Crippen MR) is 103 cm³/mol. The minimum absolute atomic E-state index is 0. The molecule has 0 atom stereocenters. The van der Waals surface area contributed by atoms with Gasteiger partial charge in [-0.1, -0.05) is 41.9 Å². The van der Waals surface area contributed by atoms with E-state index < -0.39 is 0 Å². The van der Waals surface area contributed by atoms with Crippen LogP contribution in [0.3, 0.4) is 0 Å². The van der Waals surface area contributed by atoms with E-state index in [-0.39, 0.29) is 29.3 Å². The van der Waals surface area contributed by atoms with E-state index in [2.05, 4.69) is 35.3 Å². The fourth-order valence-corrected chi connectivity index (χ4v) is 3.02. The summed E-state index contributed by atoms with van der Waals surface area (Å²) in [5, 5.41) is 3.01. The third-order valence-electron chi connectivity index (χ3n) is 4.31. The number of aromatic nitrogens is 2. The van der Waals surface area contributed by atoms with Gasteiger partial charge in [0.05, 0.1) is 6.20 Å². The van der Waals surface area contributed by atoms with Gasteiger partial charge in [0.15, 0.2) is 12.2 Å². The first-order chi connectivity index (χ1) is 12.7. The van der Waals surface area contributed by atoms with Crippen molar-refractivity contribution < 1.29 is 26.3 Å². The number of carbonyl (C=O) groups is 1. The summed E-state index contributed by atoms with van der Waals surface area (Å²) < 4.78 is 1.78. The molecule has 4 aromatic rings. The molecule has 0 fully saturated rings. The van der Waals surface area contributed by atoms with E-state index in [1.54, 1.807) is 35.2 Å². The number of Topliss-reactive ketones (excluding diaryl/α,β-unsaturated/α-hetero) is 1. The summed E-state index contributed by atoms with van der Waals surface area (Å²) in [6.45, 7) is 0.243. The summed E-state index contributed by atoms with van der Waals surface area (Å²) in [6.07, 6.45) is 3.57. The van der Waals surface area contributed by atoms with Gasteiger partial charge in [-0.15, -0.1) is 0 Å². The Balaban J connectivity index is 0.00000210. The largest absolute Gasteiger partial charge is 1.00 e. The first kappa shape index (κ1) is 19.2. The lowest BCUT2D eigenvalue weighted by atomic mass is 10.1. The summed E-state index contributed by atoms with van der Waals surface area (Å²) in [5.74, 6) is 0.0203. The first-order valence-electron chi connectivity index (χ1n) is 8.32. The van der Waals surface area contributed by atoms with Gasteiger partial charge >= 0.3 is 0 Å². The zero-order valence-corrected chi connectivity index (χ0v) is 16.7. The van der Waals surface area contributed by atoms with Crippen LogP contribution in [0.2, 0.25) is 5.02 Å². The molecule has 1 heterocycles. The molecule has 0 unspecified atom stereocenters. The number of ketones is 1. The van der Waals surface area contributed by atoms with Gasteiger partial charge in [0.2, 0.25) is 5.78 Å². The number of fused-ring (bicyclic) bond motifs is 1. The van der Waals surface area contributed by atoms with E-state index in [4.69, 9.17) is 11.6 Å². The Bertz CT molecular complexity index is 1080. The standard InChI is InChI=1S/C22H16ClN2O.BrH/c23-20-9-7-17(8-10-20)22(26)14-25-12-11-21(24-15-25)19-6-5-16-3-1-2-4-18(16)13-19;/h1-13,15H,14H2;1H/q+1;/p-1. The van der Waals surface area contributed by atoms with Crippen LogP contribution in [-0.2, 0) is 6.54 Å². The molecule has 0 spiro atoms. The molecule has 0 bridgehead atoms. The highest BCUT2D eigenvalue weighted by atomic mass is 79.9. The lowest BCUT2D eigenvalue weighted by Crippen LogP contribution is -3.00. The number of carbonyl (C=O) groups excluding carboxylic acids is 1. The van der Waals surface area contributed by atoms with Gasteiger partial charge in [0.1, 0.15) is 0 Å². The van der Waals surface area contributed by atoms with Crippen LogP contribution >= 0.6 is 11.6 Å². The highest BCUT2D eigenvalue weighted by Gasteiger charge is 2.12. The minimum Gasteiger partial charge on any atom is -1.00 e. The van der Waals surface area contributed by atoms with Gasteiger partial charge in [-0.2, -0.15) is 0 Å². The number of benzene rings is 3. The maximum Gasteiger partial charge on any atom is 0.287 e. The maximum atomic E-state index is 12.3. The van der Waals surface area contributed by atoms with Crippen molar-refractivity contribution >= 4 is 28.2 Å². The maximum absolute atomic E-state index is 12.3. The Hall–Kier alpha value is -2.56. The van der Waals surface area contributed by atoms with Crippen molar-refractivity contribution in [3.63, 3.8) is 0 Å². The molecular weight excluding hydrogens is 424 g/mol. The van der Waals surface area contributed by atoms with Crippen LogP contribution in [-0.4, -0.2) is 10.8 Å². The fourth-order valence-electron chi connectivity index (χ4n) is 2.89. The smallest absolute Gasteiger partial charge is 0.287 e. The van der Waals surface area contributed by atoms with E-state index in [1.165, 1.54) is 10.8 Å².